The van der Waals surface area contributed by atoms with Gasteiger partial charge in [0.15, 0.2) is 0 Å². The predicted molar refractivity (Wildman–Crippen MR) is 82.5 cm³/mol. The second-order valence-electron chi connectivity index (χ2n) is 5.40. The number of hydrogen-bond donors (Lipinski definition) is 0. The Bertz CT molecular complexity index is 650. The van der Waals surface area contributed by atoms with Gasteiger partial charge in [-0.15, -0.1) is 0 Å². The molecule has 22 heavy (non-hydrogen) atoms. The van der Waals surface area contributed by atoms with Crippen LogP contribution in [0.5, 0.6) is 0 Å². The predicted octanol–water partition coefficient (Wildman–Crippen LogP) is 0.826. The summed E-state index contributed by atoms with van der Waals surface area (Å²) in [5.74, 6) is -0.0966. The highest BCUT2D eigenvalue weighted by molar-refractivity contribution is 7.89. The number of rotatable bonds is 3. The molecule has 120 valence electrons. The van der Waals surface area contributed by atoms with Crippen molar-refractivity contribution in [3.05, 3.63) is 34.9 Å². The first-order chi connectivity index (χ1) is 10.5. The number of carbonyl (C=O) groups excluding carboxylic acids is 1. The molecule has 0 atom stereocenters. The molecule has 1 amide bonds. The van der Waals surface area contributed by atoms with Crippen LogP contribution in [0, 0.1) is 0 Å². The third kappa shape index (κ3) is 2.99. The number of piperazine rings is 1. The van der Waals surface area contributed by atoms with Crippen molar-refractivity contribution in [3.8, 4) is 0 Å². The Hall–Kier alpha value is -1.15. The molecule has 2 fully saturated rings. The number of ether oxygens (including phenoxy) is 1. The largest absolute Gasteiger partial charge is 0.378 e. The van der Waals surface area contributed by atoms with Crippen molar-refractivity contribution in [2.75, 3.05) is 39.4 Å². The first kappa shape index (κ1) is 15.7. The molecule has 0 unspecified atom stereocenters. The van der Waals surface area contributed by atoms with Crippen molar-refractivity contribution in [1.82, 2.24) is 9.21 Å². The van der Waals surface area contributed by atoms with Crippen LogP contribution in [0.25, 0.3) is 0 Å². The second kappa shape index (κ2) is 6.16. The van der Waals surface area contributed by atoms with E-state index in [1.807, 2.05) is 0 Å². The SMILES string of the molecule is O=C(c1ccc(Cl)cc1)N1CCN(S(=O)(=O)C2COC2)CC1. The standard InChI is InChI=1S/C14H17ClN2O4S/c15-12-3-1-11(2-4-12)14(18)16-5-7-17(8-6-16)22(19,20)13-9-21-10-13/h1-4,13H,5-10H2. The van der Waals surface area contributed by atoms with Crippen molar-refractivity contribution in [1.29, 1.82) is 0 Å². The fraction of sp³-hybridized carbons (Fsp3) is 0.500. The normalized spacial score (nSPS) is 20.7. The van der Waals surface area contributed by atoms with E-state index in [9.17, 15) is 13.2 Å². The van der Waals surface area contributed by atoms with Gasteiger partial charge in [-0.3, -0.25) is 4.79 Å². The van der Waals surface area contributed by atoms with E-state index in [2.05, 4.69) is 0 Å². The number of benzene rings is 1. The fourth-order valence-electron chi connectivity index (χ4n) is 2.52. The van der Waals surface area contributed by atoms with Gasteiger partial charge in [0.05, 0.1) is 13.2 Å². The molecule has 6 nitrogen and oxygen atoms in total. The summed E-state index contributed by atoms with van der Waals surface area (Å²) in [7, 11) is -3.29. The van der Waals surface area contributed by atoms with Crippen LogP contribution in [0.1, 0.15) is 10.4 Å². The van der Waals surface area contributed by atoms with Gasteiger partial charge < -0.3 is 9.64 Å². The fourth-order valence-corrected chi connectivity index (χ4v) is 4.27. The molecule has 2 saturated heterocycles. The summed E-state index contributed by atoms with van der Waals surface area (Å²) in [5, 5.41) is 0.154. The van der Waals surface area contributed by atoms with Gasteiger partial charge in [-0.1, -0.05) is 11.6 Å². The monoisotopic (exact) mass is 344 g/mol. The molecule has 0 N–H and O–H groups in total. The van der Waals surface area contributed by atoms with Gasteiger partial charge in [-0.05, 0) is 24.3 Å². The van der Waals surface area contributed by atoms with Crippen LogP contribution in [-0.2, 0) is 14.8 Å². The maximum absolute atomic E-state index is 12.4. The van der Waals surface area contributed by atoms with Crippen LogP contribution in [0.4, 0.5) is 0 Å². The van der Waals surface area contributed by atoms with Gasteiger partial charge in [0, 0.05) is 36.8 Å². The molecule has 2 heterocycles. The Morgan fingerprint density at radius 3 is 2.18 bits per heavy atom. The molecule has 0 aromatic heterocycles. The van der Waals surface area contributed by atoms with E-state index in [0.717, 1.165) is 0 Å². The molecule has 1 aromatic rings. The lowest BCUT2D eigenvalue weighted by Crippen LogP contribution is -2.55. The number of sulfonamides is 1. The average molecular weight is 345 g/mol. The van der Waals surface area contributed by atoms with Gasteiger partial charge in [0.1, 0.15) is 5.25 Å². The van der Waals surface area contributed by atoms with Crippen LogP contribution >= 0.6 is 11.6 Å². The Kier molecular flexibility index (Phi) is 4.40. The zero-order valence-corrected chi connectivity index (χ0v) is 13.5. The molecule has 1 aromatic carbocycles. The summed E-state index contributed by atoms with van der Waals surface area (Å²) < 4.78 is 31.0. The highest BCUT2D eigenvalue weighted by Gasteiger charge is 2.39. The molecule has 0 aliphatic carbocycles. The number of hydrogen-bond acceptors (Lipinski definition) is 4. The number of amides is 1. The van der Waals surface area contributed by atoms with E-state index in [1.54, 1.807) is 29.2 Å². The molecular weight excluding hydrogens is 328 g/mol. The van der Waals surface area contributed by atoms with Gasteiger partial charge in [-0.25, -0.2) is 8.42 Å². The van der Waals surface area contributed by atoms with E-state index in [0.29, 0.717) is 36.8 Å². The van der Waals surface area contributed by atoms with Gasteiger partial charge in [0.2, 0.25) is 10.0 Å². The zero-order valence-electron chi connectivity index (χ0n) is 11.9. The van der Waals surface area contributed by atoms with Crippen molar-refractivity contribution in [2.45, 2.75) is 5.25 Å². The Morgan fingerprint density at radius 1 is 1.09 bits per heavy atom. The van der Waals surface area contributed by atoms with Crippen molar-refractivity contribution >= 4 is 27.5 Å². The van der Waals surface area contributed by atoms with Gasteiger partial charge in [-0.2, -0.15) is 4.31 Å². The van der Waals surface area contributed by atoms with E-state index in [-0.39, 0.29) is 19.1 Å². The second-order valence-corrected chi connectivity index (χ2v) is 8.05. The van der Waals surface area contributed by atoms with Gasteiger partial charge in [0.25, 0.3) is 5.91 Å². The molecule has 8 heteroatoms. The van der Waals surface area contributed by atoms with Crippen LogP contribution in [-0.4, -0.2) is 68.2 Å². The highest BCUT2D eigenvalue weighted by atomic mass is 35.5. The summed E-state index contributed by atoms with van der Waals surface area (Å²) >= 11 is 5.81. The lowest BCUT2D eigenvalue weighted by molar-refractivity contribution is 0.0378. The quantitative estimate of drug-likeness (QED) is 0.814. The topological polar surface area (TPSA) is 66.9 Å². The summed E-state index contributed by atoms with van der Waals surface area (Å²) in [5.41, 5.74) is 0.563. The minimum atomic E-state index is -3.29. The maximum Gasteiger partial charge on any atom is 0.253 e. The van der Waals surface area contributed by atoms with Crippen molar-refractivity contribution in [2.24, 2.45) is 0 Å². The maximum atomic E-state index is 12.4. The van der Waals surface area contributed by atoms with E-state index in [1.165, 1.54) is 4.31 Å². The van der Waals surface area contributed by atoms with E-state index < -0.39 is 15.3 Å². The average Bonchev–Trinajstić information content (AvgIpc) is 2.45. The smallest absolute Gasteiger partial charge is 0.253 e. The van der Waals surface area contributed by atoms with E-state index in [4.69, 9.17) is 16.3 Å². The molecular formula is C14H17ClN2O4S. The molecule has 0 radical (unpaired) electrons. The first-order valence-electron chi connectivity index (χ1n) is 7.10. The van der Waals surface area contributed by atoms with Crippen molar-refractivity contribution in [3.63, 3.8) is 0 Å². The third-order valence-electron chi connectivity index (χ3n) is 4.01. The number of carbonyl (C=O) groups is 1. The minimum absolute atomic E-state index is 0.0966. The minimum Gasteiger partial charge on any atom is -0.378 e. The summed E-state index contributed by atoms with van der Waals surface area (Å²) in [4.78, 5) is 14.0. The number of halogens is 1. The third-order valence-corrected chi connectivity index (χ3v) is 6.46. The number of nitrogens with zero attached hydrogens (tertiary/aromatic N) is 2. The molecule has 0 spiro atoms. The van der Waals surface area contributed by atoms with Crippen LogP contribution in [0.2, 0.25) is 5.02 Å². The van der Waals surface area contributed by atoms with Crippen LogP contribution in [0.15, 0.2) is 24.3 Å². The lowest BCUT2D eigenvalue weighted by Gasteiger charge is -2.37. The molecule has 2 aliphatic heterocycles. The molecule has 3 rings (SSSR count). The van der Waals surface area contributed by atoms with Crippen LogP contribution < -0.4 is 0 Å². The molecule has 0 saturated carbocycles. The van der Waals surface area contributed by atoms with Crippen molar-refractivity contribution < 1.29 is 17.9 Å². The summed E-state index contributed by atoms with van der Waals surface area (Å²) in [6.07, 6.45) is 0. The molecule has 0 bridgehead atoms. The lowest BCUT2D eigenvalue weighted by atomic mass is 10.2. The summed E-state index contributed by atoms with van der Waals surface area (Å²) in [6.45, 7) is 2.00. The Labute approximate surface area is 134 Å². The van der Waals surface area contributed by atoms with Crippen LogP contribution in [0.3, 0.4) is 0 Å². The molecule has 2 aliphatic rings. The Balaban J connectivity index is 1.61. The Morgan fingerprint density at radius 2 is 1.68 bits per heavy atom. The summed E-state index contributed by atoms with van der Waals surface area (Å²) in [6, 6.07) is 6.71. The van der Waals surface area contributed by atoms with E-state index >= 15 is 0 Å². The highest BCUT2D eigenvalue weighted by Crippen LogP contribution is 2.19. The first-order valence-corrected chi connectivity index (χ1v) is 8.98. The van der Waals surface area contributed by atoms with Gasteiger partial charge >= 0.3 is 0 Å². The zero-order chi connectivity index (χ0) is 15.7.